The molecule has 0 amide bonds. The first kappa shape index (κ1) is 13.8. The van der Waals surface area contributed by atoms with Crippen LogP contribution < -0.4 is 9.80 Å². The van der Waals surface area contributed by atoms with Crippen LogP contribution in [-0.2, 0) is 0 Å². The number of anilines is 2. The lowest BCUT2D eigenvalue weighted by atomic mass is 10.3. The fourth-order valence-corrected chi connectivity index (χ4v) is 3.32. The predicted octanol–water partition coefficient (Wildman–Crippen LogP) is 2.43. The summed E-state index contributed by atoms with van der Waals surface area (Å²) in [6.07, 6.45) is 2.72. The van der Waals surface area contributed by atoms with Gasteiger partial charge in [-0.15, -0.1) is 11.3 Å². The third kappa shape index (κ3) is 3.14. The first-order chi connectivity index (χ1) is 10.3. The van der Waals surface area contributed by atoms with Crippen LogP contribution in [-0.4, -0.2) is 36.1 Å². The summed E-state index contributed by atoms with van der Waals surface area (Å²) in [5, 5.41) is 12.0. The van der Waals surface area contributed by atoms with Crippen molar-refractivity contribution in [2.75, 3.05) is 36.0 Å². The van der Waals surface area contributed by atoms with Crippen LogP contribution in [0.4, 0.5) is 10.9 Å². The molecule has 1 saturated heterocycles. The molecule has 5 nitrogen and oxygen atoms in total. The third-order valence-corrected chi connectivity index (χ3v) is 4.59. The Labute approximate surface area is 128 Å². The predicted molar refractivity (Wildman–Crippen MR) is 84.8 cm³/mol. The largest absolute Gasteiger partial charge is 0.355 e. The Morgan fingerprint density at radius 3 is 2.67 bits per heavy atom. The van der Waals surface area contributed by atoms with Gasteiger partial charge in [0, 0.05) is 37.8 Å². The van der Waals surface area contributed by atoms with Crippen molar-refractivity contribution in [1.82, 2.24) is 9.97 Å². The number of hydrogen-bond acceptors (Lipinski definition) is 6. The van der Waals surface area contributed by atoms with Crippen LogP contribution in [0.3, 0.4) is 0 Å². The molecule has 3 heterocycles. The van der Waals surface area contributed by atoms with Crippen molar-refractivity contribution >= 4 is 22.3 Å². The number of aryl methyl sites for hydroxylation is 1. The molecule has 0 saturated carbocycles. The van der Waals surface area contributed by atoms with Gasteiger partial charge >= 0.3 is 0 Å². The van der Waals surface area contributed by atoms with E-state index in [9.17, 15) is 0 Å². The molecule has 21 heavy (non-hydrogen) atoms. The van der Waals surface area contributed by atoms with Crippen molar-refractivity contribution in [3.63, 3.8) is 0 Å². The first-order valence-corrected chi connectivity index (χ1v) is 7.92. The molecule has 0 atom stereocenters. The van der Waals surface area contributed by atoms with Crippen molar-refractivity contribution in [2.45, 2.75) is 13.3 Å². The van der Waals surface area contributed by atoms with Crippen molar-refractivity contribution in [3.05, 3.63) is 35.0 Å². The molecular formula is C15H17N5S. The van der Waals surface area contributed by atoms with Crippen LogP contribution in [0.25, 0.3) is 0 Å². The number of aromatic nitrogens is 2. The van der Waals surface area contributed by atoms with Gasteiger partial charge in [0.2, 0.25) is 0 Å². The van der Waals surface area contributed by atoms with E-state index in [1.165, 1.54) is 0 Å². The Hall–Kier alpha value is -2.13. The second kappa shape index (κ2) is 6.10. The van der Waals surface area contributed by atoms with Crippen LogP contribution >= 0.6 is 11.3 Å². The fraction of sp³-hybridized carbons (Fsp3) is 0.400. The Bertz CT molecular complexity index is 643. The summed E-state index contributed by atoms with van der Waals surface area (Å²) in [5.74, 6) is 0.950. The van der Waals surface area contributed by atoms with E-state index in [0.29, 0.717) is 5.56 Å². The third-order valence-electron chi connectivity index (χ3n) is 3.57. The molecule has 1 aliphatic rings. The van der Waals surface area contributed by atoms with E-state index in [1.54, 1.807) is 17.5 Å². The number of hydrogen-bond donors (Lipinski definition) is 0. The minimum atomic E-state index is 0.605. The van der Waals surface area contributed by atoms with Gasteiger partial charge in [-0.2, -0.15) is 5.26 Å². The Kier molecular flexibility index (Phi) is 4.02. The molecule has 0 radical (unpaired) electrons. The van der Waals surface area contributed by atoms with Crippen LogP contribution in [0.15, 0.2) is 23.7 Å². The molecule has 1 aliphatic heterocycles. The monoisotopic (exact) mass is 299 g/mol. The molecule has 6 heteroatoms. The van der Waals surface area contributed by atoms with Gasteiger partial charge in [0.25, 0.3) is 0 Å². The zero-order chi connectivity index (χ0) is 14.7. The minimum absolute atomic E-state index is 0.605. The molecule has 1 fully saturated rings. The average Bonchev–Trinajstić information content (AvgIpc) is 2.81. The van der Waals surface area contributed by atoms with Crippen LogP contribution in [0.1, 0.15) is 17.7 Å². The first-order valence-electron chi connectivity index (χ1n) is 7.04. The number of pyridine rings is 1. The molecule has 2 aromatic rings. The maximum Gasteiger partial charge on any atom is 0.185 e. The summed E-state index contributed by atoms with van der Waals surface area (Å²) >= 11 is 1.71. The Morgan fingerprint density at radius 2 is 2.00 bits per heavy atom. The summed E-state index contributed by atoms with van der Waals surface area (Å²) in [5.41, 5.74) is 1.69. The van der Waals surface area contributed by atoms with E-state index in [0.717, 1.165) is 49.2 Å². The summed E-state index contributed by atoms with van der Waals surface area (Å²) in [6.45, 7) is 5.93. The number of rotatable bonds is 2. The van der Waals surface area contributed by atoms with Gasteiger partial charge in [-0.25, -0.2) is 9.97 Å². The van der Waals surface area contributed by atoms with Gasteiger partial charge in [0.1, 0.15) is 11.9 Å². The molecular weight excluding hydrogens is 282 g/mol. The second-order valence-corrected chi connectivity index (χ2v) is 5.95. The van der Waals surface area contributed by atoms with Crippen molar-refractivity contribution in [2.24, 2.45) is 0 Å². The zero-order valence-corrected chi connectivity index (χ0v) is 12.8. The van der Waals surface area contributed by atoms with E-state index in [2.05, 4.69) is 31.2 Å². The maximum atomic E-state index is 8.83. The molecule has 0 aromatic carbocycles. The molecule has 0 spiro atoms. The van der Waals surface area contributed by atoms with E-state index >= 15 is 0 Å². The highest BCUT2D eigenvalue weighted by molar-refractivity contribution is 7.13. The molecule has 0 N–H and O–H groups in total. The highest BCUT2D eigenvalue weighted by Gasteiger charge is 2.18. The molecule has 3 rings (SSSR count). The Balaban J connectivity index is 1.69. The van der Waals surface area contributed by atoms with E-state index in [1.807, 2.05) is 19.1 Å². The average molecular weight is 299 g/mol. The van der Waals surface area contributed by atoms with Crippen LogP contribution in [0.5, 0.6) is 0 Å². The summed E-state index contributed by atoms with van der Waals surface area (Å²) in [6, 6.07) is 5.87. The van der Waals surface area contributed by atoms with Crippen LogP contribution in [0, 0.1) is 18.3 Å². The fourth-order valence-electron chi connectivity index (χ4n) is 2.46. The normalized spacial score (nSPS) is 15.6. The summed E-state index contributed by atoms with van der Waals surface area (Å²) in [4.78, 5) is 13.6. The van der Waals surface area contributed by atoms with Gasteiger partial charge < -0.3 is 9.80 Å². The quantitative estimate of drug-likeness (QED) is 0.852. The number of nitrogens with zero attached hydrogens (tertiary/aromatic N) is 5. The van der Waals surface area contributed by atoms with Gasteiger partial charge in [0.15, 0.2) is 5.13 Å². The highest BCUT2D eigenvalue weighted by Crippen LogP contribution is 2.22. The number of thiazole rings is 1. The Morgan fingerprint density at radius 1 is 1.19 bits per heavy atom. The highest BCUT2D eigenvalue weighted by atomic mass is 32.1. The smallest absolute Gasteiger partial charge is 0.185 e. The standard InChI is InChI=1S/C15H17N5S/c1-12-11-21-15(18-12)20-6-2-5-19(7-8-20)14-4-3-13(9-16)10-17-14/h3-4,10-11H,2,5-8H2,1H3. The van der Waals surface area contributed by atoms with Gasteiger partial charge in [-0.3, -0.25) is 0 Å². The van der Waals surface area contributed by atoms with E-state index < -0.39 is 0 Å². The van der Waals surface area contributed by atoms with Gasteiger partial charge in [-0.05, 0) is 25.5 Å². The van der Waals surface area contributed by atoms with Crippen molar-refractivity contribution < 1.29 is 0 Å². The second-order valence-electron chi connectivity index (χ2n) is 5.12. The molecule has 108 valence electrons. The van der Waals surface area contributed by atoms with E-state index in [-0.39, 0.29) is 0 Å². The van der Waals surface area contributed by atoms with E-state index in [4.69, 9.17) is 5.26 Å². The molecule has 0 aliphatic carbocycles. The zero-order valence-electron chi connectivity index (χ0n) is 12.0. The van der Waals surface area contributed by atoms with Crippen LogP contribution in [0.2, 0.25) is 0 Å². The SMILES string of the molecule is Cc1csc(N2CCCN(c3ccc(C#N)cn3)CC2)n1. The van der Waals surface area contributed by atoms with Crippen molar-refractivity contribution in [1.29, 1.82) is 5.26 Å². The minimum Gasteiger partial charge on any atom is -0.355 e. The lowest BCUT2D eigenvalue weighted by Gasteiger charge is -2.22. The molecule has 0 unspecified atom stereocenters. The lowest BCUT2D eigenvalue weighted by Crippen LogP contribution is -2.31. The molecule has 0 bridgehead atoms. The summed E-state index contributed by atoms with van der Waals surface area (Å²) in [7, 11) is 0. The topological polar surface area (TPSA) is 56.0 Å². The maximum absolute atomic E-state index is 8.83. The van der Waals surface area contributed by atoms with Gasteiger partial charge in [0.05, 0.1) is 11.3 Å². The summed E-state index contributed by atoms with van der Waals surface area (Å²) < 4.78 is 0. The number of nitriles is 1. The van der Waals surface area contributed by atoms with Crippen molar-refractivity contribution in [3.8, 4) is 6.07 Å². The van der Waals surface area contributed by atoms with Gasteiger partial charge in [-0.1, -0.05) is 0 Å². The molecule has 2 aromatic heterocycles. The lowest BCUT2D eigenvalue weighted by molar-refractivity contribution is 0.797.